The number of nitrogen functional groups attached to an aromatic ring is 1. The zero-order valence-corrected chi connectivity index (χ0v) is 10.0. The van der Waals surface area contributed by atoms with Crippen LogP contribution in [0, 0.1) is 0 Å². The molecule has 1 atom stereocenters. The number of para-hydroxylation sites is 1. The summed E-state index contributed by atoms with van der Waals surface area (Å²) in [5.41, 5.74) is 6.34. The maximum atomic E-state index is 11.9. The molecule has 0 radical (unpaired) electrons. The van der Waals surface area contributed by atoms with E-state index in [1.165, 1.54) is 4.90 Å². The second kappa shape index (κ2) is 5.18. The average Bonchev–Trinajstić information content (AvgIpc) is 2.20. The molecule has 1 aromatic carbocycles. The van der Waals surface area contributed by atoms with E-state index in [1.807, 2.05) is 0 Å². The van der Waals surface area contributed by atoms with Gasteiger partial charge in [0.05, 0.1) is 22.4 Å². The standard InChI is InChI=1S/C11H15ClN2O2/c1-7(15)6-14(2)11(16)8-4-3-5-9(12)10(8)13/h3-5,7,15H,6,13H2,1-2H3. The van der Waals surface area contributed by atoms with Gasteiger partial charge in [-0.15, -0.1) is 0 Å². The lowest BCUT2D eigenvalue weighted by Gasteiger charge is -2.19. The van der Waals surface area contributed by atoms with E-state index in [4.69, 9.17) is 17.3 Å². The summed E-state index contributed by atoms with van der Waals surface area (Å²) < 4.78 is 0. The molecule has 88 valence electrons. The van der Waals surface area contributed by atoms with Gasteiger partial charge in [0.15, 0.2) is 0 Å². The molecule has 0 aliphatic rings. The first-order chi connectivity index (χ1) is 7.43. The maximum Gasteiger partial charge on any atom is 0.255 e. The molecule has 5 heteroatoms. The minimum Gasteiger partial charge on any atom is -0.397 e. The van der Waals surface area contributed by atoms with Crippen molar-refractivity contribution in [2.75, 3.05) is 19.3 Å². The number of carbonyl (C=O) groups is 1. The predicted octanol–water partition coefficient (Wildman–Crippen LogP) is 1.38. The van der Waals surface area contributed by atoms with Crippen LogP contribution in [0.3, 0.4) is 0 Å². The monoisotopic (exact) mass is 242 g/mol. The normalized spacial score (nSPS) is 12.2. The lowest BCUT2D eigenvalue weighted by molar-refractivity contribution is 0.0704. The van der Waals surface area contributed by atoms with Crippen molar-refractivity contribution in [2.24, 2.45) is 0 Å². The molecule has 0 aliphatic heterocycles. The first kappa shape index (κ1) is 12.8. The minimum atomic E-state index is -0.575. The number of hydrogen-bond donors (Lipinski definition) is 2. The number of rotatable bonds is 3. The number of amides is 1. The number of carbonyl (C=O) groups excluding carboxylic acids is 1. The summed E-state index contributed by atoms with van der Waals surface area (Å²) in [6, 6.07) is 4.91. The summed E-state index contributed by atoms with van der Waals surface area (Å²) in [4.78, 5) is 13.3. The number of aliphatic hydroxyl groups excluding tert-OH is 1. The van der Waals surface area contributed by atoms with Crippen LogP contribution in [0.15, 0.2) is 18.2 Å². The van der Waals surface area contributed by atoms with Gasteiger partial charge in [-0.1, -0.05) is 17.7 Å². The summed E-state index contributed by atoms with van der Waals surface area (Å²) in [6.07, 6.45) is -0.575. The van der Waals surface area contributed by atoms with Crippen molar-refractivity contribution in [3.05, 3.63) is 28.8 Å². The zero-order chi connectivity index (χ0) is 12.3. The largest absolute Gasteiger partial charge is 0.397 e. The molecule has 3 N–H and O–H groups in total. The van der Waals surface area contributed by atoms with Gasteiger partial charge in [0.2, 0.25) is 0 Å². The molecule has 1 unspecified atom stereocenters. The lowest BCUT2D eigenvalue weighted by Crippen LogP contribution is -2.33. The van der Waals surface area contributed by atoms with Crippen molar-refractivity contribution in [3.63, 3.8) is 0 Å². The molecule has 0 saturated carbocycles. The molecule has 0 aromatic heterocycles. The van der Waals surface area contributed by atoms with Crippen LogP contribution in [0.25, 0.3) is 0 Å². The van der Waals surface area contributed by atoms with Crippen LogP contribution < -0.4 is 5.73 Å². The first-order valence-electron chi connectivity index (χ1n) is 4.91. The molecule has 16 heavy (non-hydrogen) atoms. The van der Waals surface area contributed by atoms with Gasteiger partial charge in [-0.05, 0) is 19.1 Å². The number of hydrogen-bond acceptors (Lipinski definition) is 3. The average molecular weight is 243 g/mol. The fourth-order valence-electron chi connectivity index (χ4n) is 1.41. The second-order valence-corrected chi connectivity index (χ2v) is 4.14. The second-order valence-electron chi connectivity index (χ2n) is 3.74. The van der Waals surface area contributed by atoms with Crippen molar-refractivity contribution < 1.29 is 9.90 Å². The van der Waals surface area contributed by atoms with E-state index < -0.39 is 6.10 Å². The van der Waals surface area contributed by atoms with Crippen LogP contribution >= 0.6 is 11.6 Å². The van der Waals surface area contributed by atoms with Crippen molar-refractivity contribution in [3.8, 4) is 0 Å². The highest BCUT2D eigenvalue weighted by atomic mass is 35.5. The fourth-order valence-corrected chi connectivity index (χ4v) is 1.58. The highest BCUT2D eigenvalue weighted by molar-refractivity contribution is 6.33. The van der Waals surface area contributed by atoms with E-state index in [0.29, 0.717) is 10.6 Å². The summed E-state index contributed by atoms with van der Waals surface area (Å²) in [7, 11) is 1.61. The van der Waals surface area contributed by atoms with Gasteiger partial charge >= 0.3 is 0 Å². The van der Waals surface area contributed by atoms with Crippen LogP contribution in [0.1, 0.15) is 17.3 Å². The Hall–Kier alpha value is -1.26. The van der Waals surface area contributed by atoms with E-state index in [-0.39, 0.29) is 18.1 Å². The van der Waals surface area contributed by atoms with E-state index in [0.717, 1.165) is 0 Å². The number of likely N-dealkylation sites (N-methyl/N-ethyl adjacent to an activating group) is 1. The zero-order valence-electron chi connectivity index (χ0n) is 9.27. The third-order valence-electron chi connectivity index (χ3n) is 2.17. The van der Waals surface area contributed by atoms with Crippen LogP contribution in [0.2, 0.25) is 5.02 Å². The molecule has 1 amide bonds. The third-order valence-corrected chi connectivity index (χ3v) is 2.50. The van der Waals surface area contributed by atoms with Crippen molar-refractivity contribution in [1.82, 2.24) is 4.90 Å². The molecule has 4 nitrogen and oxygen atoms in total. The van der Waals surface area contributed by atoms with Gasteiger partial charge in [0, 0.05) is 13.6 Å². The molecule has 0 heterocycles. The molecule has 1 rings (SSSR count). The first-order valence-corrected chi connectivity index (χ1v) is 5.28. The molecular formula is C11H15ClN2O2. The Balaban J connectivity index is 2.92. The molecule has 0 bridgehead atoms. The van der Waals surface area contributed by atoms with Gasteiger partial charge in [0.1, 0.15) is 0 Å². The van der Waals surface area contributed by atoms with Gasteiger partial charge in [-0.2, -0.15) is 0 Å². The SMILES string of the molecule is CC(O)CN(C)C(=O)c1cccc(Cl)c1N. The van der Waals surface area contributed by atoms with Crippen molar-refractivity contribution in [2.45, 2.75) is 13.0 Å². The molecule has 1 aromatic rings. The molecule has 0 aliphatic carbocycles. The summed E-state index contributed by atoms with van der Waals surface area (Å²) in [6.45, 7) is 1.87. The highest BCUT2D eigenvalue weighted by Crippen LogP contribution is 2.23. The molecular weight excluding hydrogens is 228 g/mol. The molecule has 0 saturated heterocycles. The minimum absolute atomic E-state index is 0.249. The number of halogens is 1. The van der Waals surface area contributed by atoms with E-state index in [2.05, 4.69) is 0 Å². The summed E-state index contributed by atoms with van der Waals surface area (Å²) in [5.74, 6) is -0.249. The summed E-state index contributed by atoms with van der Waals surface area (Å²) in [5, 5.41) is 9.55. The summed E-state index contributed by atoms with van der Waals surface area (Å²) >= 11 is 5.82. The Bertz CT molecular complexity index is 394. The Morgan fingerprint density at radius 2 is 2.25 bits per heavy atom. The van der Waals surface area contributed by atoms with Crippen LogP contribution in [-0.4, -0.2) is 35.6 Å². The van der Waals surface area contributed by atoms with Gasteiger partial charge in [-0.25, -0.2) is 0 Å². The number of aliphatic hydroxyl groups is 1. The molecule has 0 spiro atoms. The quantitative estimate of drug-likeness (QED) is 0.787. The van der Waals surface area contributed by atoms with E-state index in [9.17, 15) is 9.90 Å². The van der Waals surface area contributed by atoms with Crippen LogP contribution in [-0.2, 0) is 0 Å². The number of nitrogens with two attached hydrogens (primary N) is 1. The molecule has 0 fully saturated rings. The fraction of sp³-hybridized carbons (Fsp3) is 0.364. The lowest BCUT2D eigenvalue weighted by atomic mass is 10.1. The Morgan fingerprint density at radius 1 is 1.62 bits per heavy atom. The number of anilines is 1. The topological polar surface area (TPSA) is 66.6 Å². The number of nitrogens with zero attached hydrogens (tertiary/aromatic N) is 1. The maximum absolute atomic E-state index is 11.9. The Labute approximate surface area is 99.6 Å². The van der Waals surface area contributed by atoms with Crippen molar-refractivity contribution >= 4 is 23.2 Å². The van der Waals surface area contributed by atoms with E-state index in [1.54, 1.807) is 32.2 Å². The van der Waals surface area contributed by atoms with Crippen LogP contribution in [0.5, 0.6) is 0 Å². The van der Waals surface area contributed by atoms with Gasteiger partial charge < -0.3 is 15.7 Å². The van der Waals surface area contributed by atoms with Gasteiger partial charge in [-0.3, -0.25) is 4.79 Å². The van der Waals surface area contributed by atoms with Crippen molar-refractivity contribution in [1.29, 1.82) is 0 Å². The van der Waals surface area contributed by atoms with E-state index >= 15 is 0 Å². The highest BCUT2D eigenvalue weighted by Gasteiger charge is 2.16. The number of benzene rings is 1. The smallest absolute Gasteiger partial charge is 0.255 e. The third kappa shape index (κ3) is 2.87. The van der Waals surface area contributed by atoms with Gasteiger partial charge in [0.25, 0.3) is 5.91 Å². The van der Waals surface area contributed by atoms with Crippen LogP contribution in [0.4, 0.5) is 5.69 Å². The Morgan fingerprint density at radius 3 is 2.81 bits per heavy atom. The predicted molar refractivity (Wildman–Crippen MR) is 64.5 cm³/mol. The Kier molecular flexibility index (Phi) is 4.15.